The van der Waals surface area contributed by atoms with E-state index >= 15 is 0 Å². The van der Waals surface area contributed by atoms with Gasteiger partial charge in [0.05, 0.1) is 6.54 Å². The number of urea groups is 1. The second kappa shape index (κ2) is 7.50. The van der Waals surface area contributed by atoms with Crippen molar-refractivity contribution in [1.29, 1.82) is 0 Å². The first kappa shape index (κ1) is 17.8. The molecule has 3 fully saturated rings. The molecule has 4 nitrogen and oxygen atoms in total. The zero-order valence-corrected chi connectivity index (χ0v) is 14.1. The van der Waals surface area contributed by atoms with E-state index in [9.17, 15) is 18.0 Å². The van der Waals surface area contributed by atoms with E-state index in [4.69, 9.17) is 0 Å². The van der Waals surface area contributed by atoms with Gasteiger partial charge in [0.25, 0.3) is 0 Å². The maximum atomic E-state index is 12.4. The number of carbonyl (C=O) groups is 1. The lowest BCUT2D eigenvalue weighted by Gasteiger charge is -2.39. The average Bonchev–Trinajstić information content (AvgIpc) is 2.91. The van der Waals surface area contributed by atoms with Crippen LogP contribution in [-0.2, 0) is 0 Å². The monoisotopic (exact) mass is 347 g/mol. The molecule has 138 valence electrons. The molecule has 3 rings (SSSR count). The fraction of sp³-hybridized carbons (Fsp3) is 0.941. The van der Waals surface area contributed by atoms with Crippen molar-refractivity contribution < 1.29 is 18.0 Å². The van der Waals surface area contributed by atoms with E-state index < -0.39 is 12.7 Å². The molecule has 0 aromatic carbocycles. The van der Waals surface area contributed by atoms with Crippen molar-refractivity contribution >= 4 is 6.03 Å². The van der Waals surface area contributed by atoms with Crippen molar-refractivity contribution in [3.63, 3.8) is 0 Å². The van der Waals surface area contributed by atoms with E-state index in [-0.39, 0.29) is 24.7 Å². The first-order valence-corrected chi connectivity index (χ1v) is 9.25. The molecule has 7 heteroatoms. The van der Waals surface area contributed by atoms with Crippen molar-refractivity contribution in [2.24, 2.45) is 11.8 Å². The molecule has 0 aromatic heterocycles. The summed E-state index contributed by atoms with van der Waals surface area (Å²) in [4.78, 5) is 13.5. The number of fused-ring (bicyclic) bond motifs is 1. The van der Waals surface area contributed by atoms with Gasteiger partial charge in [0.1, 0.15) is 0 Å². The Bertz CT molecular complexity index is 443. The Balaban J connectivity index is 1.38. The topological polar surface area (TPSA) is 44.4 Å². The summed E-state index contributed by atoms with van der Waals surface area (Å²) in [6, 6.07) is -0.177. The first-order chi connectivity index (χ1) is 11.4. The number of amides is 2. The van der Waals surface area contributed by atoms with Gasteiger partial charge in [-0.2, -0.15) is 13.2 Å². The largest absolute Gasteiger partial charge is 0.401 e. The van der Waals surface area contributed by atoms with Gasteiger partial charge in [-0.3, -0.25) is 4.90 Å². The number of hydrogen-bond acceptors (Lipinski definition) is 2. The Morgan fingerprint density at radius 2 is 1.67 bits per heavy atom. The number of nitrogens with one attached hydrogen (secondary N) is 2. The van der Waals surface area contributed by atoms with Crippen molar-refractivity contribution in [3.8, 4) is 0 Å². The number of rotatable bonds is 3. The highest BCUT2D eigenvalue weighted by Gasteiger charge is 2.35. The van der Waals surface area contributed by atoms with Crippen LogP contribution in [0.4, 0.5) is 18.0 Å². The Morgan fingerprint density at radius 3 is 2.42 bits per heavy atom. The zero-order valence-electron chi connectivity index (χ0n) is 14.1. The van der Waals surface area contributed by atoms with E-state index in [1.807, 2.05) is 0 Å². The van der Waals surface area contributed by atoms with Gasteiger partial charge in [0.15, 0.2) is 0 Å². The summed E-state index contributed by atoms with van der Waals surface area (Å²) in [5.74, 6) is 1.58. The highest BCUT2D eigenvalue weighted by molar-refractivity contribution is 5.74. The van der Waals surface area contributed by atoms with Crippen LogP contribution in [0.1, 0.15) is 51.4 Å². The van der Waals surface area contributed by atoms with Gasteiger partial charge >= 0.3 is 12.2 Å². The van der Waals surface area contributed by atoms with Crippen LogP contribution in [0.15, 0.2) is 0 Å². The minimum Gasteiger partial charge on any atom is -0.335 e. The Labute approximate surface area is 141 Å². The fourth-order valence-electron chi connectivity index (χ4n) is 4.76. The van der Waals surface area contributed by atoms with Gasteiger partial charge < -0.3 is 10.6 Å². The van der Waals surface area contributed by atoms with E-state index in [0.29, 0.717) is 13.0 Å². The van der Waals surface area contributed by atoms with Crippen LogP contribution in [0.3, 0.4) is 0 Å². The molecule has 2 N–H and O–H groups in total. The third kappa shape index (κ3) is 5.01. The minimum atomic E-state index is -4.17. The average molecular weight is 347 g/mol. The number of halogens is 3. The first-order valence-electron chi connectivity index (χ1n) is 9.25. The molecule has 3 aliphatic rings. The molecule has 2 aliphatic carbocycles. The highest BCUT2D eigenvalue weighted by atomic mass is 19.4. The van der Waals surface area contributed by atoms with Crippen LogP contribution >= 0.6 is 0 Å². The predicted molar refractivity (Wildman–Crippen MR) is 85.7 cm³/mol. The molecular weight excluding hydrogens is 319 g/mol. The van der Waals surface area contributed by atoms with Crippen LogP contribution in [0.5, 0.6) is 0 Å². The Kier molecular flexibility index (Phi) is 5.57. The summed E-state index contributed by atoms with van der Waals surface area (Å²) in [6.07, 6.45) is 4.95. The van der Waals surface area contributed by atoms with Gasteiger partial charge in [-0.05, 0) is 37.5 Å². The minimum absolute atomic E-state index is 0.182. The summed E-state index contributed by atoms with van der Waals surface area (Å²) in [5, 5.41) is 5.91. The molecular formula is C17H28F3N3O. The third-order valence-corrected chi connectivity index (χ3v) is 5.89. The van der Waals surface area contributed by atoms with Crippen molar-refractivity contribution in [3.05, 3.63) is 0 Å². The third-order valence-electron chi connectivity index (χ3n) is 5.89. The summed E-state index contributed by atoms with van der Waals surface area (Å²) in [7, 11) is 0. The predicted octanol–water partition coefficient (Wildman–Crippen LogP) is 3.28. The second-order valence-corrected chi connectivity index (χ2v) is 7.77. The van der Waals surface area contributed by atoms with E-state index in [1.54, 1.807) is 0 Å². The quantitative estimate of drug-likeness (QED) is 0.823. The van der Waals surface area contributed by atoms with Crippen molar-refractivity contribution in [2.45, 2.75) is 69.6 Å². The molecule has 24 heavy (non-hydrogen) atoms. The van der Waals surface area contributed by atoms with E-state index in [2.05, 4.69) is 10.6 Å². The van der Waals surface area contributed by atoms with Crippen LogP contribution < -0.4 is 10.6 Å². The van der Waals surface area contributed by atoms with Gasteiger partial charge in [-0.15, -0.1) is 0 Å². The summed E-state index contributed by atoms with van der Waals surface area (Å²) >= 11 is 0. The SMILES string of the molecule is O=C(N[C@@H]1CC[C@@H]2CCCC[C@@H]2C1)N[C@H]1CCN(CC(F)(F)F)C1. The highest BCUT2D eigenvalue weighted by Crippen LogP contribution is 2.40. The molecule has 0 unspecified atom stereocenters. The maximum Gasteiger partial charge on any atom is 0.401 e. The lowest BCUT2D eigenvalue weighted by Crippen LogP contribution is -2.49. The Morgan fingerprint density at radius 1 is 0.958 bits per heavy atom. The smallest absolute Gasteiger partial charge is 0.335 e. The lowest BCUT2D eigenvalue weighted by atomic mass is 9.69. The standard InChI is InChI=1S/C17H28F3N3O/c18-17(19,20)11-23-8-7-15(10-23)22-16(24)21-14-6-5-12-3-1-2-4-13(12)9-14/h12-15H,1-11H2,(H2,21,22,24)/t12-,13+,14+,15-/m0/s1. The van der Waals surface area contributed by atoms with Crippen molar-refractivity contribution in [1.82, 2.24) is 15.5 Å². The fourth-order valence-corrected chi connectivity index (χ4v) is 4.76. The van der Waals surface area contributed by atoms with Gasteiger partial charge in [0, 0.05) is 25.2 Å². The van der Waals surface area contributed by atoms with Crippen LogP contribution in [-0.4, -0.2) is 48.8 Å². The molecule has 1 aliphatic heterocycles. The van der Waals surface area contributed by atoms with Crippen LogP contribution in [0.2, 0.25) is 0 Å². The number of nitrogens with zero attached hydrogens (tertiary/aromatic N) is 1. The van der Waals surface area contributed by atoms with Crippen molar-refractivity contribution in [2.75, 3.05) is 19.6 Å². The zero-order chi connectivity index (χ0) is 17.2. The number of likely N-dealkylation sites (tertiary alicyclic amines) is 1. The number of hydrogen-bond donors (Lipinski definition) is 2. The van der Waals surface area contributed by atoms with Gasteiger partial charge in [0.2, 0.25) is 0 Å². The molecule has 2 saturated carbocycles. The van der Waals surface area contributed by atoms with E-state index in [0.717, 1.165) is 24.7 Å². The molecule has 1 saturated heterocycles. The molecule has 0 spiro atoms. The van der Waals surface area contributed by atoms with Crippen LogP contribution in [0.25, 0.3) is 0 Å². The van der Waals surface area contributed by atoms with Gasteiger partial charge in [-0.1, -0.05) is 25.7 Å². The Hall–Kier alpha value is -0.980. The molecule has 0 aromatic rings. The molecule has 4 atom stereocenters. The number of carbonyl (C=O) groups excluding carboxylic acids is 1. The molecule has 0 radical (unpaired) electrons. The summed E-state index contributed by atoms with van der Waals surface area (Å²) in [5.41, 5.74) is 0. The summed E-state index contributed by atoms with van der Waals surface area (Å²) in [6.45, 7) is -0.224. The molecule has 1 heterocycles. The second-order valence-electron chi connectivity index (χ2n) is 7.77. The van der Waals surface area contributed by atoms with Crippen LogP contribution in [0, 0.1) is 11.8 Å². The lowest BCUT2D eigenvalue weighted by molar-refractivity contribution is -0.143. The van der Waals surface area contributed by atoms with Gasteiger partial charge in [-0.25, -0.2) is 4.79 Å². The molecule has 2 amide bonds. The molecule has 0 bridgehead atoms. The normalized spacial score (nSPS) is 34.6. The summed E-state index contributed by atoms with van der Waals surface area (Å²) < 4.78 is 37.2. The number of alkyl halides is 3. The van der Waals surface area contributed by atoms with E-state index in [1.165, 1.54) is 37.0 Å². The maximum absolute atomic E-state index is 12.4.